The highest BCUT2D eigenvalue weighted by Gasteiger charge is 2.32. The third-order valence-corrected chi connectivity index (χ3v) is 9.08. The van der Waals surface area contributed by atoms with Crippen molar-refractivity contribution in [1.82, 2.24) is 29.5 Å². The van der Waals surface area contributed by atoms with Gasteiger partial charge in [0.25, 0.3) is 11.8 Å². The second-order valence-electron chi connectivity index (χ2n) is 12.8. The Morgan fingerprint density at radius 3 is 2.80 bits per heavy atom. The summed E-state index contributed by atoms with van der Waals surface area (Å²) in [5.74, 6) is 0.207. The molecule has 1 saturated heterocycles. The van der Waals surface area contributed by atoms with E-state index >= 15 is 0 Å². The van der Waals surface area contributed by atoms with Gasteiger partial charge in [-0.1, -0.05) is 32.9 Å². The first kappa shape index (κ1) is 29.8. The summed E-state index contributed by atoms with van der Waals surface area (Å²) in [7, 11) is 0. The van der Waals surface area contributed by atoms with Gasteiger partial charge in [-0.3, -0.25) is 9.59 Å². The molecule has 228 valence electrons. The van der Waals surface area contributed by atoms with E-state index in [2.05, 4.69) is 44.7 Å². The van der Waals surface area contributed by atoms with Gasteiger partial charge in [0.05, 0.1) is 22.0 Å². The number of hydrogen-bond acceptors (Lipinski definition) is 6. The Balaban J connectivity index is 1.33. The normalized spacial score (nSPS) is 17.9. The zero-order valence-corrected chi connectivity index (χ0v) is 26.2. The summed E-state index contributed by atoms with van der Waals surface area (Å²) < 4.78 is 3.73. The van der Waals surface area contributed by atoms with Crippen LogP contribution in [0, 0.1) is 22.7 Å². The summed E-state index contributed by atoms with van der Waals surface area (Å²) in [4.78, 5) is 37.2. The van der Waals surface area contributed by atoms with Gasteiger partial charge in [-0.2, -0.15) is 15.4 Å². The standard InChI is InChI=1S/C33H38N8O2S/c1-33(2,3)17-24(18-34)31(43)39-14-4-6-25(39)21-40-27-10-9-23(20-35-19-22-7-8-22)16-26(27)37-32(40)38-30(42)28-11-12-29(44-28)41-15-5-13-36-41/h5,9-13,15-17,22,25,35H,4,6-8,14,19-21H2,1-3H3,(H,37,38,42)/b24-17+/t25-/m1/s1. The molecule has 2 fully saturated rings. The van der Waals surface area contributed by atoms with Crippen molar-refractivity contribution < 1.29 is 9.59 Å². The van der Waals surface area contributed by atoms with Crippen LogP contribution in [0.1, 0.15) is 61.7 Å². The minimum absolute atomic E-state index is 0.139. The Morgan fingerprint density at radius 1 is 1.23 bits per heavy atom. The van der Waals surface area contributed by atoms with E-state index in [1.165, 1.54) is 24.2 Å². The quantitative estimate of drug-likeness (QED) is 0.205. The molecule has 0 spiro atoms. The van der Waals surface area contributed by atoms with Crippen molar-refractivity contribution in [3.8, 4) is 11.1 Å². The van der Waals surface area contributed by atoms with Crippen LogP contribution in [0.25, 0.3) is 16.0 Å². The fourth-order valence-electron chi connectivity index (χ4n) is 5.70. The third-order valence-electron chi connectivity index (χ3n) is 8.01. The molecule has 1 saturated carbocycles. The Labute approximate surface area is 260 Å². The number of rotatable bonds is 9. The number of nitrogens with zero attached hydrogens (tertiary/aromatic N) is 6. The van der Waals surface area contributed by atoms with Crippen molar-refractivity contribution in [3.05, 3.63) is 76.5 Å². The summed E-state index contributed by atoms with van der Waals surface area (Å²) >= 11 is 1.33. The molecule has 4 aromatic rings. The number of H-pyrrole nitrogens is 1. The van der Waals surface area contributed by atoms with Gasteiger partial charge in [0, 0.05) is 32.0 Å². The number of carbonyl (C=O) groups excluding carboxylic acids is 2. The van der Waals surface area contributed by atoms with Crippen LogP contribution in [0.4, 0.5) is 0 Å². The summed E-state index contributed by atoms with van der Waals surface area (Å²) in [6.07, 6.45) is 9.54. The molecule has 1 atom stereocenters. The summed E-state index contributed by atoms with van der Waals surface area (Å²) in [6.45, 7) is 8.77. The average molecular weight is 611 g/mol. The number of thiophene rings is 1. The molecule has 0 bridgehead atoms. The van der Waals surface area contributed by atoms with Crippen molar-refractivity contribution in [2.24, 2.45) is 16.3 Å². The molecule has 1 aliphatic heterocycles. The average Bonchev–Trinajstić information content (AvgIpc) is 3.44. The van der Waals surface area contributed by atoms with Crippen molar-refractivity contribution in [2.75, 3.05) is 13.1 Å². The van der Waals surface area contributed by atoms with E-state index in [4.69, 9.17) is 0 Å². The van der Waals surface area contributed by atoms with Crippen molar-refractivity contribution in [3.63, 3.8) is 0 Å². The largest absolute Gasteiger partial charge is 0.333 e. The van der Waals surface area contributed by atoms with Gasteiger partial charge in [-0.05, 0) is 79.5 Å². The zero-order chi connectivity index (χ0) is 30.8. The number of fused-ring (bicyclic) bond motifs is 1. The molecule has 2 amide bonds. The third kappa shape index (κ3) is 6.77. The molecule has 11 heteroatoms. The lowest BCUT2D eigenvalue weighted by molar-refractivity contribution is -0.127. The first-order valence-electron chi connectivity index (χ1n) is 15.2. The van der Waals surface area contributed by atoms with Crippen LogP contribution >= 0.6 is 11.3 Å². The molecule has 0 unspecified atom stereocenters. The van der Waals surface area contributed by atoms with Crippen LogP contribution in [0.15, 0.2) is 65.4 Å². The lowest BCUT2D eigenvalue weighted by Crippen LogP contribution is -2.40. The number of amides is 2. The number of likely N-dealkylation sites (tertiary alicyclic amines) is 1. The molecule has 4 heterocycles. The predicted molar refractivity (Wildman–Crippen MR) is 170 cm³/mol. The van der Waals surface area contributed by atoms with E-state index in [0.717, 1.165) is 53.4 Å². The van der Waals surface area contributed by atoms with E-state index in [1.54, 1.807) is 23.0 Å². The fraction of sp³-hybridized carbons (Fsp3) is 0.424. The lowest BCUT2D eigenvalue weighted by Gasteiger charge is -2.26. The number of imidazole rings is 1. The van der Waals surface area contributed by atoms with Crippen LogP contribution in [0.3, 0.4) is 0 Å². The molecule has 2 aliphatic rings. The maximum atomic E-state index is 13.5. The van der Waals surface area contributed by atoms with E-state index in [1.807, 2.05) is 48.6 Å². The molecule has 1 aliphatic carbocycles. The number of aromatic nitrogens is 4. The number of aromatic amines is 1. The molecular weight excluding hydrogens is 572 g/mol. The first-order chi connectivity index (χ1) is 21.2. The Hall–Kier alpha value is -4.27. The predicted octanol–water partition coefficient (Wildman–Crippen LogP) is 4.94. The highest BCUT2D eigenvalue weighted by molar-refractivity contribution is 7.16. The number of carbonyl (C=O) groups is 2. The molecule has 6 rings (SSSR count). The van der Waals surface area contributed by atoms with E-state index in [-0.39, 0.29) is 28.8 Å². The van der Waals surface area contributed by atoms with Crippen LogP contribution in [-0.4, -0.2) is 55.2 Å². The van der Waals surface area contributed by atoms with Crippen LogP contribution in [-0.2, 0) is 17.9 Å². The molecular formula is C33H38N8O2S. The van der Waals surface area contributed by atoms with Crippen LogP contribution in [0.5, 0.6) is 0 Å². The molecule has 44 heavy (non-hydrogen) atoms. The molecule has 0 radical (unpaired) electrons. The molecule has 10 nitrogen and oxygen atoms in total. The van der Waals surface area contributed by atoms with E-state index in [0.29, 0.717) is 23.6 Å². The van der Waals surface area contributed by atoms with Gasteiger partial charge < -0.3 is 19.8 Å². The Kier molecular flexibility index (Phi) is 8.38. The smallest absolute Gasteiger partial charge is 0.290 e. The highest BCUT2D eigenvalue weighted by Crippen LogP contribution is 2.28. The van der Waals surface area contributed by atoms with Gasteiger partial charge in [-0.25, -0.2) is 4.68 Å². The first-order valence-corrected chi connectivity index (χ1v) is 16.0. The molecule has 1 aromatic carbocycles. The monoisotopic (exact) mass is 610 g/mol. The number of benzene rings is 1. The number of allylic oxidation sites excluding steroid dienone is 1. The minimum Gasteiger partial charge on any atom is -0.333 e. The maximum Gasteiger partial charge on any atom is 0.290 e. The number of nitriles is 1. The highest BCUT2D eigenvalue weighted by atomic mass is 32.1. The second kappa shape index (κ2) is 12.4. The summed E-state index contributed by atoms with van der Waals surface area (Å²) in [5, 5.41) is 18.4. The lowest BCUT2D eigenvalue weighted by atomic mass is 9.93. The summed E-state index contributed by atoms with van der Waals surface area (Å²) in [5.41, 5.74) is 3.26. The van der Waals surface area contributed by atoms with Crippen molar-refractivity contribution in [2.45, 2.75) is 65.6 Å². The van der Waals surface area contributed by atoms with E-state index < -0.39 is 0 Å². The number of nitrogens with one attached hydrogen (secondary N) is 2. The van der Waals surface area contributed by atoms with Gasteiger partial charge in [0.2, 0.25) is 5.62 Å². The zero-order valence-electron chi connectivity index (χ0n) is 25.4. The summed E-state index contributed by atoms with van der Waals surface area (Å²) in [6, 6.07) is 13.7. The minimum atomic E-state index is -0.348. The van der Waals surface area contributed by atoms with Gasteiger partial charge in [0.1, 0.15) is 16.6 Å². The maximum absolute atomic E-state index is 13.5. The van der Waals surface area contributed by atoms with E-state index in [9.17, 15) is 14.9 Å². The topological polar surface area (TPSA) is 124 Å². The molecule has 2 N–H and O–H groups in total. The van der Waals surface area contributed by atoms with Crippen molar-refractivity contribution in [1.29, 1.82) is 5.26 Å². The van der Waals surface area contributed by atoms with Crippen LogP contribution < -0.4 is 10.9 Å². The van der Waals surface area contributed by atoms with Gasteiger partial charge in [-0.15, -0.1) is 11.3 Å². The Morgan fingerprint density at radius 2 is 2.07 bits per heavy atom. The second-order valence-corrected chi connectivity index (χ2v) is 13.9. The van der Waals surface area contributed by atoms with Crippen molar-refractivity contribution >= 4 is 34.2 Å². The number of hydrogen-bond donors (Lipinski definition) is 2. The molecule has 3 aromatic heterocycles. The van der Waals surface area contributed by atoms with Gasteiger partial charge in [0.15, 0.2) is 0 Å². The van der Waals surface area contributed by atoms with Crippen LogP contribution in [0.2, 0.25) is 0 Å². The Bertz CT molecular complexity index is 1810. The SMILES string of the molecule is CC(C)(C)/C=C(\C#N)C(=O)N1CCC[C@@H]1Cn1/c(=N/C(=O)c2ccc(-n3cccn3)s2)[nH]c2cc(CNCC3CC3)ccc21. The van der Waals surface area contributed by atoms with Gasteiger partial charge >= 0.3 is 0 Å². The fourth-order valence-corrected chi connectivity index (χ4v) is 6.53.